The maximum atomic E-state index is 13.8. The SMILES string of the molecule is CCN(CC)C(=O)c1ccc(NC(=O)CN(C)Cc2ccc(OC)c(F)c2)cc1. The predicted octanol–water partition coefficient (Wildman–Crippen LogP) is 3.39. The van der Waals surface area contributed by atoms with Crippen LogP contribution in [0.2, 0.25) is 0 Å². The summed E-state index contributed by atoms with van der Waals surface area (Å²) in [6.45, 7) is 5.75. The molecule has 0 atom stereocenters. The highest BCUT2D eigenvalue weighted by molar-refractivity contribution is 5.96. The fourth-order valence-corrected chi connectivity index (χ4v) is 3.01. The zero-order chi connectivity index (χ0) is 21.4. The summed E-state index contributed by atoms with van der Waals surface area (Å²) in [5.41, 5.74) is 1.96. The first-order valence-electron chi connectivity index (χ1n) is 9.58. The molecule has 2 amide bonds. The van der Waals surface area contributed by atoms with E-state index in [1.807, 2.05) is 13.8 Å². The van der Waals surface area contributed by atoms with Gasteiger partial charge in [-0.3, -0.25) is 14.5 Å². The van der Waals surface area contributed by atoms with Gasteiger partial charge in [0.05, 0.1) is 13.7 Å². The molecular formula is C22H28FN3O3. The monoisotopic (exact) mass is 401 g/mol. The molecule has 0 fully saturated rings. The second-order valence-corrected chi connectivity index (χ2v) is 6.74. The van der Waals surface area contributed by atoms with Crippen molar-refractivity contribution in [2.75, 3.05) is 39.1 Å². The highest BCUT2D eigenvalue weighted by Crippen LogP contribution is 2.18. The lowest BCUT2D eigenvalue weighted by molar-refractivity contribution is -0.117. The molecule has 0 saturated heterocycles. The summed E-state index contributed by atoms with van der Waals surface area (Å²) in [4.78, 5) is 28.1. The molecule has 2 aromatic rings. The van der Waals surface area contributed by atoms with Gasteiger partial charge in [-0.1, -0.05) is 6.07 Å². The predicted molar refractivity (Wildman–Crippen MR) is 112 cm³/mol. The van der Waals surface area contributed by atoms with Crippen LogP contribution in [-0.4, -0.2) is 55.4 Å². The summed E-state index contributed by atoms with van der Waals surface area (Å²) in [6, 6.07) is 11.6. The zero-order valence-electron chi connectivity index (χ0n) is 17.4. The van der Waals surface area contributed by atoms with Gasteiger partial charge in [0.25, 0.3) is 5.91 Å². The number of hydrogen-bond acceptors (Lipinski definition) is 4. The molecule has 0 aliphatic rings. The van der Waals surface area contributed by atoms with E-state index >= 15 is 0 Å². The third-order valence-electron chi connectivity index (χ3n) is 4.55. The van der Waals surface area contributed by atoms with Crippen LogP contribution in [0.1, 0.15) is 29.8 Å². The van der Waals surface area contributed by atoms with Crippen molar-refractivity contribution in [3.8, 4) is 5.75 Å². The minimum absolute atomic E-state index is 0.0284. The highest BCUT2D eigenvalue weighted by Gasteiger charge is 2.13. The van der Waals surface area contributed by atoms with Crippen molar-refractivity contribution in [2.24, 2.45) is 0 Å². The third kappa shape index (κ3) is 6.29. The van der Waals surface area contributed by atoms with Gasteiger partial charge in [-0.2, -0.15) is 0 Å². The Morgan fingerprint density at radius 3 is 2.28 bits per heavy atom. The van der Waals surface area contributed by atoms with E-state index in [0.29, 0.717) is 30.9 Å². The van der Waals surface area contributed by atoms with E-state index in [9.17, 15) is 14.0 Å². The van der Waals surface area contributed by atoms with Crippen molar-refractivity contribution in [1.82, 2.24) is 9.80 Å². The van der Waals surface area contributed by atoms with Gasteiger partial charge in [0, 0.05) is 30.9 Å². The largest absolute Gasteiger partial charge is 0.494 e. The van der Waals surface area contributed by atoms with E-state index in [4.69, 9.17) is 4.74 Å². The Bertz CT molecular complexity index is 836. The van der Waals surface area contributed by atoms with Gasteiger partial charge in [0.15, 0.2) is 11.6 Å². The van der Waals surface area contributed by atoms with Crippen molar-refractivity contribution in [3.05, 3.63) is 59.4 Å². The van der Waals surface area contributed by atoms with Crippen LogP contribution in [0.3, 0.4) is 0 Å². The molecule has 0 aliphatic carbocycles. The molecule has 1 N–H and O–H groups in total. The number of benzene rings is 2. The maximum absolute atomic E-state index is 13.8. The fourth-order valence-electron chi connectivity index (χ4n) is 3.01. The molecule has 2 rings (SSSR count). The van der Waals surface area contributed by atoms with Gasteiger partial charge in [-0.15, -0.1) is 0 Å². The second kappa shape index (κ2) is 10.6. The molecule has 6 nitrogen and oxygen atoms in total. The van der Waals surface area contributed by atoms with Gasteiger partial charge in [-0.05, 0) is 62.9 Å². The standard InChI is InChI=1S/C22H28FN3O3/c1-5-26(6-2)22(28)17-8-10-18(11-9-17)24-21(27)15-25(3)14-16-7-12-20(29-4)19(23)13-16/h7-13H,5-6,14-15H2,1-4H3,(H,24,27). The normalized spacial score (nSPS) is 10.7. The summed E-state index contributed by atoms with van der Waals surface area (Å²) in [5.74, 6) is -0.456. The molecular weight excluding hydrogens is 373 g/mol. The highest BCUT2D eigenvalue weighted by atomic mass is 19.1. The number of methoxy groups -OCH3 is 1. The number of carbonyl (C=O) groups is 2. The number of nitrogens with one attached hydrogen (secondary N) is 1. The molecule has 0 heterocycles. The van der Waals surface area contributed by atoms with E-state index in [0.717, 1.165) is 5.56 Å². The third-order valence-corrected chi connectivity index (χ3v) is 4.55. The molecule has 0 radical (unpaired) electrons. The average molecular weight is 401 g/mol. The topological polar surface area (TPSA) is 61.9 Å². The number of nitrogens with zero attached hydrogens (tertiary/aromatic N) is 2. The lowest BCUT2D eigenvalue weighted by Crippen LogP contribution is -2.30. The zero-order valence-corrected chi connectivity index (χ0v) is 17.4. The molecule has 29 heavy (non-hydrogen) atoms. The Kier molecular flexibility index (Phi) is 8.15. The number of amides is 2. The van der Waals surface area contributed by atoms with E-state index in [1.165, 1.54) is 13.2 Å². The van der Waals surface area contributed by atoms with Gasteiger partial charge < -0.3 is 15.0 Å². The molecule has 0 bridgehead atoms. The number of ether oxygens (including phenoxy) is 1. The number of anilines is 1. The van der Waals surface area contributed by atoms with Crippen LogP contribution in [0, 0.1) is 5.82 Å². The van der Waals surface area contributed by atoms with Crippen LogP contribution in [0.25, 0.3) is 0 Å². The lowest BCUT2D eigenvalue weighted by Gasteiger charge is -2.19. The van der Waals surface area contributed by atoms with Crippen LogP contribution in [0.5, 0.6) is 5.75 Å². The Morgan fingerprint density at radius 2 is 1.72 bits per heavy atom. The van der Waals surface area contributed by atoms with E-state index in [-0.39, 0.29) is 24.1 Å². The summed E-state index contributed by atoms with van der Waals surface area (Å²) in [5, 5.41) is 2.81. The van der Waals surface area contributed by atoms with Crippen molar-refractivity contribution < 1.29 is 18.7 Å². The quantitative estimate of drug-likeness (QED) is 0.700. The van der Waals surface area contributed by atoms with Crippen LogP contribution in [0.15, 0.2) is 42.5 Å². The maximum Gasteiger partial charge on any atom is 0.253 e. The Labute approximate surface area is 171 Å². The van der Waals surface area contributed by atoms with E-state index in [2.05, 4.69) is 5.32 Å². The Hall–Kier alpha value is -2.93. The summed E-state index contributed by atoms with van der Waals surface area (Å²) < 4.78 is 18.7. The summed E-state index contributed by atoms with van der Waals surface area (Å²) in [6.07, 6.45) is 0. The molecule has 0 unspecified atom stereocenters. The van der Waals surface area contributed by atoms with Crippen molar-refractivity contribution in [3.63, 3.8) is 0 Å². The van der Waals surface area contributed by atoms with E-state index in [1.54, 1.807) is 53.2 Å². The molecule has 0 aromatic heterocycles. The van der Waals surface area contributed by atoms with Crippen LogP contribution in [-0.2, 0) is 11.3 Å². The molecule has 2 aromatic carbocycles. The molecule has 7 heteroatoms. The second-order valence-electron chi connectivity index (χ2n) is 6.74. The number of rotatable bonds is 9. The average Bonchev–Trinajstić information content (AvgIpc) is 2.69. The van der Waals surface area contributed by atoms with Gasteiger partial charge in [-0.25, -0.2) is 4.39 Å². The van der Waals surface area contributed by atoms with Crippen molar-refractivity contribution in [1.29, 1.82) is 0 Å². The Balaban J connectivity index is 1.90. The molecule has 0 saturated carbocycles. The Morgan fingerprint density at radius 1 is 1.07 bits per heavy atom. The number of halogens is 1. The van der Waals surface area contributed by atoms with Crippen molar-refractivity contribution in [2.45, 2.75) is 20.4 Å². The first-order chi connectivity index (χ1) is 13.9. The summed E-state index contributed by atoms with van der Waals surface area (Å²) in [7, 11) is 3.20. The van der Waals surface area contributed by atoms with Crippen LogP contribution in [0.4, 0.5) is 10.1 Å². The van der Waals surface area contributed by atoms with E-state index < -0.39 is 5.82 Å². The van der Waals surface area contributed by atoms with Gasteiger partial charge in [0.2, 0.25) is 5.91 Å². The smallest absolute Gasteiger partial charge is 0.253 e. The van der Waals surface area contributed by atoms with Crippen molar-refractivity contribution >= 4 is 17.5 Å². The molecule has 156 valence electrons. The first kappa shape index (κ1) is 22.4. The minimum Gasteiger partial charge on any atom is -0.494 e. The number of carbonyl (C=O) groups excluding carboxylic acids is 2. The first-order valence-corrected chi connectivity index (χ1v) is 9.58. The van der Waals surface area contributed by atoms with Crippen LogP contribution < -0.4 is 10.1 Å². The van der Waals surface area contributed by atoms with Crippen LogP contribution >= 0.6 is 0 Å². The van der Waals surface area contributed by atoms with Gasteiger partial charge >= 0.3 is 0 Å². The summed E-state index contributed by atoms with van der Waals surface area (Å²) >= 11 is 0. The molecule has 0 aliphatic heterocycles. The van der Waals surface area contributed by atoms with Gasteiger partial charge in [0.1, 0.15) is 0 Å². The molecule has 0 spiro atoms. The number of hydrogen-bond donors (Lipinski definition) is 1. The minimum atomic E-state index is -0.429. The fraction of sp³-hybridized carbons (Fsp3) is 0.364. The number of likely N-dealkylation sites (N-methyl/N-ethyl adjacent to an activating group) is 1. The lowest BCUT2D eigenvalue weighted by atomic mass is 10.1.